The maximum absolute atomic E-state index is 12.0. The van der Waals surface area contributed by atoms with E-state index in [1.54, 1.807) is 43.0 Å². The number of thioether (sulfide) groups is 1. The topological polar surface area (TPSA) is 55.4 Å². The average Bonchev–Trinajstić information content (AvgIpc) is 2.60. The maximum atomic E-state index is 12.0. The van der Waals surface area contributed by atoms with Crippen LogP contribution in [0.3, 0.4) is 0 Å². The lowest BCUT2D eigenvalue weighted by molar-refractivity contribution is -0.146. The second kappa shape index (κ2) is 8.39. The molecule has 2 aromatic rings. The first kappa shape index (κ1) is 17.1. The SMILES string of the molecule is CSc1ccc(COC(=O)[C@H](C)NC(=O)c2ccccc2)cc1. The van der Waals surface area contributed by atoms with Gasteiger partial charge in [0, 0.05) is 10.5 Å². The highest BCUT2D eigenvalue weighted by molar-refractivity contribution is 7.98. The third-order valence-electron chi connectivity index (χ3n) is 3.28. The minimum absolute atomic E-state index is 0.193. The monoisotopic (exact) mass is 329 g/mol. The molecule has 2 aromatic carbocycles. The van der Waals surface area contributed by atoms with Gasteiger partial charge in [-0.3, -0.25) is 4.79 Å². The maximum Gasteiger partial charge on any atom is 0.328 e. The number of rotatable bonds is 6. The molecule has 0 spiro atoms. The fourth-order valence-corrected chi connectivity index (χ4v) is 2.34. The molecule has 4 nitrogen and oxygen atoms in total. The van der Waals surface area contributed by atoms with E-state index >= 15 is 0 Å². The lowest BCUT2D eigenvalue weighted by atomic mass is 10.2. The van der Waals surface area contributed by atoms with Crippen LogP contribution in [-0.2, 0) is 16.1 Å². The minimum Gasteiger partial charge on any atom is -0.459 e. The number of nitrogens with one attached hydrogen (secondary N) is 1. The van der Waals surface area contributed by atoms with Crippen molar-refractivity contribution in [2.45, 2.75) is 24.5 Å². The van der Waals surface area contributed by atoms with Crippen LogP contribution in [0, 0.1) is 0 Å². The Morgan fingerprint density at radius 3 is 2.35 bits per heavy atom. The molecule has 1 amide bonds. The third-order valence-corrected chi connectivity index (χ3v) is 4.02. The molecule has 0 aliphatic carbocycles. The first-order valence-corrected chi connectivity index (χ1v) is 8.48. The molecule has 0 heterocycles. The molecule has 0 aliphatic rings. The van der Waals surface area contributed by atoms with Crippen molar-refractivity contribution in [2.24, 2.45) is 0 Å². The normalized spacial score (nSPS) is 11.6. The Bertz CT molecular complexity index is 656. The molecule has 0 saturated heterocycles. The first-order valence-electron chi connectivity index (χ1n) is 7.25. The van der Waals surface area contributed by atoms with Gasteiger partial charge in [0.2, 0.25) is 0 Å². The number of amides is 1. The summed E-state index contributed by atoms with van der Waals surface area (Å²) < 4.78 is 5.24. The number of carbonyl (C=O) groups is 2. The molecule has 0 radical (unpaired) electrons. The Hall–Kier alpha value is -2.27. The van der Waals surface area contributed by atoms with Crippen LogP contribution in [0.15, 0.2) is 59.5 Å². The summed E-state index contributed by atoms with van der Waals surface area (Å²) >= 11 is 1.66. The van der Waals surface area contributed by atoms with Gasteiger partial charge < -0.3 is 10.1 Å². The molecule has 120 valence electrons. The van der Waals surface area contributed by atoms with E-state index in [4.69, 9.17) is 4.74 Å². The van der Waals surface area contributed by atoms with Gasteiger partial charge in [0.05, 0.1) is 0 Å². The molecule has 0 bridgehead atoms. The van der Waals surface area contributed by atoms with Crippen LogP contribution < -0.4 is 5.32 Å². The van der Waals surface area contributed by atoms with Crippen LogP contribution >= 0.6 is 11.8 Å². The van der Waals surface area contributed by atoms with Crippen LogP contribution in [0.1, 0.15) is 22.8 Å². The molecule has 1 N–H and O–H groups in total. The van der Waals surface area contributed by atoms with Gasteiger partial charge in [-0.05, 0) is 43.0 Å². The molecular weight excluding hydrogens is 310 g/mol. The van der Waals surface area contributed by atoms with E-state index in [0.717, 1.165) is 10.5 Å². The number of carbonyl (C=O) groups excluding carboxylic acids is 2. The fraction of sp³-hybridized carbons (Fsp3) is 0.222. The number of ether oxygens (including phenoxy) is 1. The van der Waals surface area contributed by atoms with Gasteiger partial charge in [0.1, 0.15) is 12.6 Å². The van der Waals surface area contributed by atoms with Crippen LogP contribution in [0.5, 0.6) is 0 Å². The van der Waals surface area contributed by atoms with Crippen LogP contribution in [0.25, 0.3) is 0 Å². The predicted octanol–water partition coefficient (Wildman–Crippen LogP) is 3.27. The molecule has 0 aromatic heterocycles. The molecule has 23 heavy (non-hydrogen) atoms. The Morgan fingerprint density at radius 2 is 1.74 bits per heavy atom. The van der Waals surface area contributed by atoms with Crippen LogP contribution in [0.4, 0.5) is 0 Å². The summed E-state index contributed by atoms with van der Waals surface area (Å²) in [5, 5.41) is 2.63. The predicted molar refractivity (Wildman–Crippen MR) is 91.4 cm³/mol. The second-order valence-electron chi connectivity index (χ2n) is 5.02. The largest absolute Gasteiger partial charge is 0.459 e. The van der Waals surface area contributed by atoms with Gasteiger partial charge >= 0.3 is 5.97 Å². The number of esters is 1. The lowest BCUT2D eigenvalue weighted by Gasteiger charge is -2.13. The summed E-state index contributed by atoms with van der Waals surface area (Å²) in [5.74, 6) is -0.748. The van der Waals surface area contributed by atoms with E-state index in [1.165, 1.54) is 0 Å². The van der Waals surface area contributed by atoms with Crippen molar-refractivity contribution in [3.8, 4) is 0 Å². The summed E-state index contributed by atoms with van der Waals surface area (Å²) in [6.45, 7) is 1.80. The standard InChI is InChI=1S/C18H19NO3S/c1-13(19-17(20)15-6-4-3-5-7-15)18(21)22-12-14-8-10-16(23-2)11-9-14/h3-11,13H,12H2,1-2H3,(H,19,20)/t13-/m0/s1. The highest BCUT2D eigenvalue weighted by Gasteiger charge is 2.17. The summed E-state index contributed by atoms with van der Waals surface area (Å²) in [4.78, 5) is 25.1. The first-order chi connectivity index (χ1) is 11.1. The van der Waals surface area contributed by atoms with Gasteiger partial charge in [0.15, 0.2) is 0 Å². The second-order valence-corrected chi connectivity index (χ2v) is 5.90. The molecule has 0 fully saturated rings. The molecule has 1 atom stereocenters. The zero-order valence-electron chi connectivity index (χ0n) is 13.1. The van der Waals surface area contributed by atoms with Crippen molar-refractivity contribution >= 4 is 23.6 Å². The van der Waals surface area contributed by atoms with E-state index in [1.807, 2.05) is 36.6 Å². The molecular formula is C18H19NO3S. The van der Waals surface area contributed by atoms with Crippen LogP contribution in [0.2, 0.25) is 0 Å². The molecule has 0 aliphatic heterocycles. The Kier molecular flexibility index (Phi) is 6.23. The Morgan fingerprint density at radius 1 is 1.09 bits per heavy atom. The Labute approximate surface area is 140 Å². The van der Waals surface area contributed by atoms with E-state index in [9.17, 15) is 9.59 Å². The van der Waals surface area contributed by atoms with Gasteiger partial charge in [-0.25, -0.2) is 4.79 Å². The summed E-state index contributed by atoms with van der Waals surface area (Å²) in [6, 6.07) is 15.9. The van der Waals surface area contributed by atoms with Crippen molar-refractivity contribution in [2.75, 3.05) is 6.26 Å². The summed E-state index contributed by atoms with van der Waals surface area (Å²) in [6.07, 6.45) is 2.01. The smallest absolute Gasteiger partial charge is 0.328 e. The zero-order valence-corrected chi connectivity index (χ0v) is 13.9. The highest BCUT2D eigenvalue weighted by atomic mass is 32.2. The van der Waals surface area contributed by atoms with E-state index < -0.39 is 12.0 Å². The van der Waals surface area contributed by atoms with E-state index in [2.05, 4.69) is 5.32 Å². The van der Waals surface area contributed by atoms with Crippen molar-refractivity contribution in [1.29, 1.82) is 0 Å². The number of hydrogen-bond donors (Lipinski definition) is 1. The third kappa shape index (κ3) is 5.14. The van der Waals surface area contributed by atoms with Gasteiger partial charge in [-0.2, -0.15) is 0 Å². The Balaban J connectivity index is 1.83. The molecule has 2 rings (SSSR count). The summed E-state index contributed by atoms with van der Waals surface area (Å²) in [5.41, 5.74) is 1.43. The van der Waals surface area contributed by atoms with Gasteiger partial charge in [-0.15, -0.1) is 11.8 Å². The zero-order chi connectivity index (χ0) is 16.7. The van der Waals surface area contributed by atoms with Crippen molar-refractivity contribution in [3.63, 3.8) is 0 Å². The number of hydrogen-bond acceptors (Lipinski definition) is 4. The fourth-order valence-electron chi connectivity index (χ4n) is 1.93. The lowest BCUT2D eigenvalue weighted by Crippen LogP contribution is -2.39. The van der Waals surface area contributed by atoms with Crippen molar-refractivity contribution < 1.29 is 14.3 Å². The molecule has 0 unspecified atom stereocenters. The number of benzene rings is 2. The molecule has 0 saturated carbocycles. The van der Waals surface area contributed by atoms with Gasteiger partial charge in [-0.1, -0.05) is 30.3 Å². The van der Waals surface area contributed by atoms with Gasteiger partial charge in [0.25, 0.3) is 5.91 Å². The quantitative estimate of drug-likeness (QED) is 0.653. The summed E-state index contributed by atoms with van der Waals surface area (Å²) in [7, 11) is 0. The van der Waals surface area contributed by atoms with E-state index in [0.29, 0.717) is 5.56 Å². The molecule has 5 heteroatoms. The van der Waals surface area contributed by atoms with Crippen LogP contribution in [-0.4, -0.2) is 24.2 Å². The van der Waals surface area contributed by atoms with Crippen molar-refractivity contribution in [3.05, 3.63) is 65.7 Å². The average molecular weight is 329 g/mol. The van der Waals surface area contributed by atoms with E-state index in [-0.39, 0.29) is 12.5 Å². The minimum atomic E-state index is -0.701. The van der Waals surface area contributed by atoms with Crippen molar-refractivity contribution in [1.82, 2.24) is 5.32 Å². The highest BCUT2D eigenvalue weighted by Crippen LogP contribution is 2.15.